The Hall–Kier alpha value is -1.77. The lowest BCUT2D eigenvalue weighted by Gasteiger charge is -2.47. The van der Waals surface area contributed by atoms with Gasteiger partial charge in [-0.25, -0.2) is 0 Å². The van der Waals surface area contributed by atoms with Crippen LogP contribution in [0.25, 0.3) is 0 Å². The lowest BCUT2D eigenvalue weighted by molar-refractivity contribution is -0.0842. The average molecular weight is 225 g/mol. The Kier molecular flexibility index (Phi) is 2.92. The first-order valence-electron chi connectivity index (χ1n) is 5.74. The van der Waals surface area contributed by atoms with Crippen molar-refractivity contribution in [2.45, 2.75) is 24.9 Å². The van der Waals surface area contributed by atoms with E-state index in [4.69, 9.17) is 11.2 Å². The Labute approximate surface area is 102 Å². The number of hydrogen-bond acceptors (Lipinski definition) is 2. The Bertz CT molecular complexity index is 476. The molecule has 0 bridgehead atoms. The summed E-state index contributed by atoms with van der Waals surface area (Å²) in [6, 6.07) is 12.0. The first-order chi connectivity index (χ1) is 8.24. The number of benzene rings is 1. The molecule has 0 amide bonds. The van der Waals surface area contributed by atoms with Crippen LogP contribution in [-0.4, -0.2) is 7.11 Å². The largest absolute Gasteiger partial charge is 0.360 e. The van der Waals surface area contributed by atoms with Gasteiger partial charge in [0.25, 0.3) is 0 Å². The van der Waals surface area contributed by atoms with E-state index in [1.807, 2.05) is 30.3 Å². The van der Waals surface area contributed by atoms with Crippen molar-refractivity contribution in [2.24, 2.45) is 5.41 Å². The second-order valence-corrected chi connectivity index (χ2v) is 4.44. The predicted octanol–water partition coefficient (Wildman–Crippen LogP) is 2.86. The Morgan fingerprint density at radius 1 is 1.35 bits per heavy atom. The van der Waals surface area contributed by atoms with Crippen LogP contribution in [0.3, 0.4) is 0 Å². The maximum atomic E-state index is 9.47. The van der Waals surface area contributed by atoms with Gasteiger partial charge in [-0.15, -0.1) is 6.42 Å². The summed E-state index contributed by atoms with van der Waals surface area (Å²) in [6.07, 6.45) is 8.33. The van der Waals surface area contributed by atoms with Gasteiger partial charge in [-0.1, -0.05) is 36.3 Å². The van der Waals surface area contributed by atoms with Crippen molar-refractivity contribution in [3.63, 3.8) is 0 Å². The zero-order chi connectivity index (χ0) is 12.4. The Morgan fingerprint density at radius 3 is 2.35 bits per heavy atom. The van der Waals surface area contributed by atoms with Gasteiger partial charge >= 0.3 is 0 Å². The van der Waals surface area contributed by atoms with E-state index >= 15 is 0 Å². The second kappa shape index (κ2) is 4.24. The summed E-state index contributed by atoms with van der Waals surface area (Å²) in [5.41, 5.74) is -0.592. The number of nitrogens with zero attached hydrogens (tertiary/aromatic N) is 1. The van der Waals surface area contributed by atoms with E-state index in [1.165, 1.54) is 0 Å². The van der Waals surface area contributed by atoms with Crippen LogP contribution < -0.4 is 0 Å². The third kappa shape index (κ3) is 1.46. The number of hydrogen-bond donors (Lipinski definition) is 0. The van der Waals surface area contributed by atoms with Crippen LogP contribution in [0, 0.1) is 29.1 Å². The minimum absolute atomic E-state index is 0.572. The first-order valence-corrected chi connectivity index (χ1v) is 5.74. The van der Waals surface area contributed by atoms with E-state index in [9.17, 15) is 5.26 Å². The molecule has 1 saturated carbocycles. The quantitative estimate of drug-likeness (QED) is 0.741. The van der Waals surface area contributed by atoms with Crippen LogP contribution >= 0.6 is 0 Å². The Morgan fingerprint density at radius 2 is 2.00 bits per heavy atom. The highest BCUT2D eigenvalue weighted by Gasteiger charge is 2.56. The standard InChI is InChI=1S/C15H15NO/c1-3-15(17-2,13-8-5-4-6-9-13)14(12-16)10-7-11-14/h1,4-6,8-9H,7,10-11H2,2H3/t15-/m1/s1. The van der Waals surface area contributed by atoms with Crippen LogP contribution in [0.2, 0.25) is 0 Å². The van der Waals surface area contributed by atoms with Gasteiger partial charge in [-0.2, -0.15) is 5.26 Å². The monoisotopic (exact) mass is 225 g/mol. The summed E-state index contributed by atoms with van der Waals surface area (Å²) in [5.74, 6) is 2.73. The third-order valence-electron chi connectivity index (χ3n) is 3.78. The van der Waals surface area contributed by atoms with Crippen LogP contribution in [0.15, 0.2) is 30.3 Å². The summed E-state index contributed by atoms with van der Waals surface area (Å²) in [5, 5.41) is 9.47. The third-order valence-corrected chi connectivity index (χ3v) is 3.78. The number of terminal acetylenes is 1. The first kappa shape index (κ1) is 11.7. The molecule has 0 saturated heterocycles. The van der Waals surface area contributed by atoms with E-state index in [2.05, 4.69) is 12.0 Å². The summed E-state index contributed by atoms with van der Waals surface area (Å²) in [7, 11) is 1.59. The lowest BCUT2D eigenvalue weighted by atomic mass is 9.57. The zero-order valence-corrected chi connectivity index (χ0v) is 9.94. The fraction of sp³-hybridized carbons (Fsp3) is 0.400. The van der Waals surface area contributed by atoms with Gasteiger partial charge in [-0.3, -0.25) is 0 Å². The minimum Gasteiger partial charge on any atom is -0.360 e. The number of ether oxygens (including phenoxy) is 1. The molecule has 0 radical (unpaired) electrons. The molecule has 86 valence electrons. The summed E-state index contributed by atoms with van der Waals surface area (Å²) in [4.78, 5) is 0. The van der Waals surface area contributed by atoms with Crippen molar-refractivity contribution in [1.82, 2.24) is 0 Å². The summed E-state index contributed by atoms with van der Waals surface area (Å²) >= 11 is 0. The van der Waals surface area contributed by atoms with Crippen molar-refractivity contribution in [2.75, 3.05) is 7.11 Å². The van der Waals surface area contributed by atoms with Crippen molar-refractivity contribution in [3.8, 4) is 18.4 Å². The molecule has 17 heavy (non-hydrogen) atoms. The topological polar surface area (TPSA) is 33.0 Å². The molecule has 1 aliphatic rings. The molecule has 0 aromatic heterocycles. The molecule has 2 rings (SSSR count). The van der Waals surface area contributed by atoms with Crippen LogP contribution in [0.4, 0.5) is 0 Å². The van der Waals surface area contributed by atoms with Gasteiger partial charge < -0.3 is 4.74 Å². The van der Waals surface area contributed by atoms with Crippen LogP contribution in [0.5, 0.6) is 0 Å². The molecule has 1 fully saturated rings. The van der Waals surface area contributed by atoms with E-state index < -0.39 is 11.0 Å². The van der Waals surface area contributed by atoms with Gasteiger partial charge in [0.05, 0.1) is 6.07 Å². The molecule has 0 unspecified atom stereocenters. The SMILES string of the molecule is C#C[C@@](OC)(c1ccccc1)C1(C#N)CCC1. The molecule has 1 aliphatic carbocycles. The van der Waals surface area contributed by atoms with Gasteiger partial charge in [0.2, 0.25) is 0 Å². The van der Waals surface area contributed by atoms with E-state index in [1.54, 1.807) is 7.11 Å². The smallest absolute Gasteiger partial charge is 0.171 e. The van der Waals surface area contributed by atoms with E-state index in [-0.39, 0.29) is 0 Å². The van der Waals surface area contributed by atoms with Crippen molar-refractivity contribution in [3.05, 3.63) is 35.9 Å². The summed E-state index contributed by atoms with van der Waals surface area (Å²) < 4.78 is 5.61. The maximum Gasteiger partial charge on any atom is 0.171 e. The normalized spacial score (nSPS) is 20.4. The predicted molar refractivity (Wildman–Crippen MR) is 65.9 cm³/mol. The maximum absolute atomic E-state index is 9.47. The average Bonchev–Trinajstić information content (AvgIpc) is 2.35. The van der Waals surface area contributed by atoms with E-state index in [0.29, 0.717) is 0 Å². The molecule has 0 spiro atoms. The van der Waals surface area contributed by atoms with Gasteiger partial charge in [0.15, 0.2) is 5.60 Å². The minimum atomic E-state index is -0.915. The van der Waals surface area contributed by atoms with Gasteiger partial charge in [0, 0.05) is 7.11 Å². The van der Waals surface area contributed by atoms with Crippen molar-refractivity contribution >= 4 is 0 Å². The molecule has 2 heteroatoms. The second-order valence-electron chi connectivity index (χ2n) is 4.44. The van der Waals surface area contributed by atoms with Gasteiger partial charge in [-0.05, 0) is 24.8 Å². The molecule has 2 nitrogen and oxygen atoms in total. The molecule has 1 aromatic rings. The van der Waals surface area contributed by atoms with Crippen LogP contribution in [0.1, 0.15) is 24.8 Å². The molecular formula is C15H15NO. The molecular weight excluding hydrogens is 210 g/mol. The highest BCUT2D eigenvalue weighted by atomic mass is 16.5. The number of methoxy groups -OCH3 is 1. The van der Waals surface area contributed by atoms with Gasteiger partial charge in [0.1, 0.15) is 5.41 Å². The fourth-order valence-corrected chi connectivity index (χ4v) is 2.62. The molecule has 0 N–H and O–H groups in total. The van der Waals surface area contributed by atoms with Crippen molar-refractivity contribution < 1.29 is 4.74 Å². The molecule has 1 atom stereocenters. The lowest BCUT2D eigenvalue weighted by Crippen LogP contribution is -2.49. The summed E-state index contributed by atoms with van der Waals surface area (Å²) in [6.45, 7) is 0. The van der Waals surface area contributed by atoms with Crippen LogP contribution in [-0.2, 0) is 10.3 Å². The highest BCUT2D eigenvalue weighted by molar-refractivity contribution is 5.39. The number of nitriles is 1. The Balaban J connectivity index is 2.56. The molecule has 0 heterocycles. The highest BCUT2D eigenvalue weighted by Crippen LogP contribution is 2.54. The fourth-order valence-electron chi connectivity index (χ4n) is 2.62. The molecule has 1 aromatic carbocycles. The van der Waals surface area contributed by atoms with Crippen molar-refractivity contribution in [1.29, 1.82) is 5.26 Å². The zero-order valence-electron chi connectivity index (χ0n) is 9.94. The van der Waals surface area contributed by atoms with E-state index in [0.717, 1.165) is 24.8 Å². The number of rotatable bonds is 3. The molecule has 0 aliphatic heterocycles.